The molecule has 2 heterocycles. The summed E-state index contributed by atoms with van der Waals surface area (Å²) in [5.74, 6) is -0.390. The SMILES string of the molecule is C=Cc1cccc2c1/C(=N/O)C(=O)N2Cc1cc(F)cc2c1OCOC2. The summed E-state index contributed by atoms with van der Waals surface area (Å²) in [4.78, 5) is 14.2. The Balaban J connectivity index is 1.81. The van der Waals surface area contributed by atoms with E-state index in [9.17, 15) is 14.4 Å². The van der Waals surface area contributed by atoms with Gasteiger partial charge in [-0.05, 0) is 23.8 Å². The number of amides is 1. The molecule has 2 aromatic rings. The smallest absolute Gasteiger partial charge is 0.281 e. The summed E-state index contributed by atoms with van der Waals surface area (Å²) in [5, 5.41) is 12.5. The zero-order valence-electron chi connectivity index (χ0n) is 13.7. The van der Waals surface area contributed by atoms with Crippen LogP contribution >= 0.6 is 0 Å². The summed E-state index contributed by atoms with van der Waals surface area (Å²) in [5.41, 5.74) is 2.80. The molecule has 0 spiro atoms. The van der Waals surface area contributed by atoms with Gasteiger partial charge in [0.05, 0.1) is 18.8 Å². The first-order valence-electron chi connectivity index (χ1n) is 7.95. The lowest BCUT2D eigenvalue weighted by Gasteiger charge is -2.24. The van der Waals surface area contributed by atoms with Gasteiger partial charge in [0.1, 0.15) is 11.6 Å². The van der Waals surface area contributed by atoms with E-state index >= 15 is 0 Å². The zero-order valence-corrected chi connectivity index (χ0v) is 13.7. The molecule has 0 saturated heterocycles. The molecule has 6 nitrogen and oxygen atoms in total. The summed E-state index contributed by atoms with van der Waals surface area (Å²) in [6.45, 7) is 4.12. The highest BCUT2D eigenvalue weighted by Gasteiger charge is 2.36. The third kappa shape index (κ3) is 2.44. The fraction of sp³-hybridized carbons (Fsp3) is 0.158. The minimum Gasteiger partial charge on any atom is -0.467 e. The van der Waals surface area contributed by atoms with Gasteiger partial charge in [0.25, 0.3) is 5.91 Å². The Labute approximate surface area is 148 Å². The second kappa shape index (κ2) is 6.27. The van der Waals surface area contributed by atoms with Gasteiger partial charge in [-0.2, -0.15) is 0 Å². The van der Waals surface area contributed by atoms with Gasteiger partial charge in [0.15, 0.2) is 12.5 Å². The molecule has 0 saturated carbocycles. The van der Waals surface area contributed by atoms with Crippen LogP contribution in [-0.2, 0) is 22.7 Å². The van der Waals surface area contributed by atoms with Crippen molar-refractivity contribution < 1.29 is 23.9 Å². The van der Waals surface area contributed by atoms with E-state index in [4.69, 9.17) is 9.47 Å². The van der Waals surface area contributed by atoms with Crippen LogP contribution in [0.15, 0.2) is 42.1 Å². The van der Waals surface area contributed by atoms with Gasteiger partial charge in [-0.15, -0.1) is 0 Å². The number of hydrogen-bond donors (Lipinski definition) is 1. The van der Waals surface area contributed by atoms with Gasteiger partial charge in [-0.25, -0.2) is 4.39 Å². The first-order valence-corrected chi connectivity index (χ1v) is 7.95. The molecule has 132 valence electrons. The average molecular weight is 354 g/mol. The number of hydrogen-bond acceptors (Lipinski definition) is 5. The molecule has 1 N–H and O–H groups in total. The van der Waals surface area contributed by atoms with Gasteiger partial charge < -0.3 is 19.6 Å². The molecular weight excluding hydrogens is 339 g/mol. The molecule has 1 amide bonds. The highest BCUT2D eigenvalue weighted by atomic mass is 19.1. The number of nitrogens with zero attached hydrogens (tertiary/aromatic N) is 2. The second-order valence-corrected chi connectivity index (χ2v) is 5.95. The molecule has 2 aromatic carbocycles. The highest BCUT2D eigenvalue weighted by Crippen LogP contribution is 2.36. The van der Waals surface area contributed by atoms with Gasteiger partial charge in [-0.3, -0.25) is 4.79 Å². The van der Waals surface area contributed by atoms with Crippen molar-refractivity contribution in [2.75, 3.05) is 11.7 Å². The number of halogens is 1. The van der Waals surface area contributed by atoms with Gasteiger partial charge in [-0.1, -0.05) is 29.9 Å². The average Bonchev–Trinajstić information content (AvgIpc) is 2.93. The van der Waals surface area contributed by atoms with E-state index in [0.29, 0.717) is 33.7 Å². The van der Waals surface area contributed by atoms with Crippen molar-refractivity contribution in [1.82, 2.24) is 0 Å². The van der Waals surface area contributed by atoms with Crippen LogP contribution in [0.3, 0.4) is 0 Å². The molecule has 0 atom stereocenters. The van der Waals surface area contributed by atoms with Crippen LogP contribution in [0.2, 0.25) is 0 Å². The molecule has 2 aliphatic rings. The number of carbonyl (C=O) groups excluding carboxylic acids is 1. The van der Waals surface area contributed by atoms with Crippen molar-refractivity contribution in [2.45, 2.75) is 13.2 Å². The van der Waals surface area contributed by atoms with Crippen LogP contribution in [-0.4, -0.2) is 23.6 Å². The Morgan fingerprint density at radius 2 is 2.23 bits per heavy atom. The van der Waals surface area contributed by atoms with Crippen LogP contribution in [0.1, 0.15) is 22.3 Å². The monoisotopic (exact) mass is 354 g/mol. The maximum atomic E-state index is 14.0. The van der Waals surface area contributed by atoms with E-state index in [0.717, 1.165) is 0 Å². The summed E-state index contributed by atoms with van der Waals surface area (Å²) in [6, 6.07) is 7.99. The number of rotatable bonds is 3. The summed E-state index contributed by atoms with van der Waals surface area (Å²) in [7, 11) is 0. The van der Waals surface area contributed by atoms with Gasteiger partial charge >= 0.3 is 0 Å². The largest absolute Gasteiger partial charge is 0.467 e. The minimum atomic E-state index is -0.470. The fourth-order valence-corrected chi connectivity index (χ4v) is 3.35. The maximum absolute atomic E-state index is 14.0. The Bertz CT molecular complexity index is 955. The van der Waals surface area contributed by atoms with Crippen LogP contribution in [0, 0.1) is 5.82 Å². The molecule has 0 aliphatic carbocycles. The third-order valence-electron chi connectivity index (χ3n) is 4.45. The normalized spacial score (nSPS) is 17.0. The summed E-state index contributed by atoms with van der Waals surface area (Å²) in [6.07, 6.45) is 1.59. The van der Waals surface area contributed by atoms with Crippen LogP contribution in [0.25, 0.3) is 6.08 Å². The minimum absolute atomic E-state index is 0.0648. The van der Waals surface area contributed by atoms with Gasteiger partial charge in [0.2, 0.25) is 0 Å². The van der Waals surface area contributed by atoms with Gasteiger partial charge in [0, 0.05) is 16.7 Å². The van der Waals surface area contributed by atoms with Crippen molar-refractivity contribution in [3.8, 4) is 5.75 Å². The molecule has 4 rings (SSSR count). The Hall–Kier alpha value is -3.19. The van der Waals surface area contributed by atoms with Crippen molar-refractivity contribution in [1.29, 1.82) is 0 Å². The molecular formula is C19H15FN2O4. The van der Waals surface area contributed by atoms with Crippen LogP contribution in [0.5, 0.6) is 5.75 Å². The molecule has 7 heteroatoms. The lowest BCUT2D eigenvalue weighted by molar-refractivity contribution is -0.112. The van der Waals surface area contributed by atoms with Crippen molar-refractivity contribution in [3.63, 3.8) is 0 Å². The molecule has 0 radical (unpaired) electrons. The van der Waals surface area contributed by atoms with E-state index in [1.807, 2.05) is 0 Å². The second-order valence-electron chi connectivity index (χ2n) is 5.95. The summed E-state index contributed by atoms with van der Waals surface area (Å²) >= 11 is 0. The summed E-state index contributed by atoms with van der Waals surface area (Å²) < 4.78 is 24.7. The number of anilines is 1. The standard InChI is InChI=1S/C19H15FN2O4/c1-2-11-4-3-5-15-16(11)17(21-24)19(23)22(15)8-12-6-14(20)7-13-9-25-10-26-18(12)13/h2-7,24H,1,8-10H2/b21-17-. The fourth-order valence-electron chi connectivity index (χ4n) is 3.35. The molecule has 0 unspecified atom stereocenters. The Morgan fingerprint density at radius 3 is 3.00 bits per heavy atom. The maximum Gasteiger partial charge on any atom is 0.281 e. The zero-order chi connectivity index (χ0) is 18.3. The number of fused-ring (bicyclic) bond motifs is 2. The van der Waals surface area contributed by atoms with Crippen molar-refractivity contribution in [3.05, 3.63) is 65.0 Å². The van der Waals surface area contributed by atoms with E-state index in [1.54, 1.807) is 24.3 Å². The van der Waals surface area contributed by atoms with E-state index in [1.165, 1.54) is 17.0 Å². The third-order valence-corrected chi connectivity index (χ3v) is 4.45. The molecule has 2 aliphatic heterocycles. The van der Waals surface area contributed by atoms with E-state index in [-0.39, 0.29) is 25.7 Å². The molecule has 0 fully saturated rings. The number of ether oxygens (including phenoxy) is 2. The van der Waals surface area contributed by atoms with E-state index in [2.05, 4.69) is 11.7 Å². The van der Waals surface area contributed by atoms with E-state index < -0.39 is 11.7 Å². The molecule has 0 bridgehead atoms. The predicted octanol–water partition coefficient (Wildman–Crippen LogP) is 3.06. The Kier molecular flexibility index (Phi) is 3.93. The Morgan fingerprint density at radius 1 is 1.38 bits per heavy atom. The molecule has 26 heavy (non-hydrogen) atoms. The lowest BCUT2D eigenvalue weighted by Crippen LogP contribution is -2.30. The number of carbonyl (C=O) groups is 1. The number of oxime groups is 1. The van der Waals surface area contributed by atoms with Crippen LogP contribution in [0.4, 0.5) is 10.1 Å². The predicted molar refractivity (Wildman–Crippen MR) is 92.7 cm³/mol. The lowest BCUT2D eigenvalue weighted by atomic mass is 10.0. The molecule has 0 aromatic heterocycles. The topological polar surface area (TPSA) is 71.4 Å². The quantitative estimate of drug-likeness (QED) is 0.679. The number of benzene rings is 2. The van der Waals surface area contributed by atoms with Crippen LogP contribution < -0.4 is 9.64 Å². The highest BCUT2D eigenvalue weighted by molar-refractivity contribution is 6.54. The van der Waals surface area contributed by atoms with Crippen molar-refractivity contribution >= 4 is 23.4 Å². The first kappa shape index (κ1) is 16.3. The van der Waals surface area contributed by atoms with Crippen molar-refractivity contribution in [2.24, 2.45) is 5.16 Å². The first-order chi connectivity index (χ1) is 12.6.